The van der Waals surface area contributed by atoms with Gasteiger partial charge in [0.05, 0.1) is 5.57 Å². The van der Waals surface area contributed by atoms with Gasteiger partial charge in [0.15, 0.2) is 11.5 Å². The van der Waals surface area contributed by atoms with Crippen molar-refractivity contribution >= 4 is 23.1 Å². The minimum Gasteiger partial charge on any atom is -0.486 e. The van der Waals surface area contributed by atoms with Crippen molar-refractivity contribution in [1.29, 1.82) is 0 Å². The second-order valence-corrected chi connectivity index (χ2v) is 6.81. The van der Waals surface area contributed by atoms with E-state index in [0.29, 0.717) is 36.0 Å². The molecule has 0 unspecified atom stereocenters. The molecule has 2 aromatic carbocycles. The average molecular weight is 382 g/mol. The number of hydrogen-bond donors (Lipinski definition) is 1. The van der Waals surface area contributed by atoms with E-state index in [0.717, 1.165) is 0 Å². The van der Waals surface area contributed by atoms with Crippen molar-refractivity contribution in [3.63, 3.8) is 0 Å². The van der Waals surface area contributed by atoms with Crippen molar-refractivity contribution < 1.29 is 23.5 Å². The topological polar surface area (TPSA) is 67.9 Å². The van der Waals surface area contributed by atoms with Crippen molar-refractivity contribution in [3.8, 4) is 11.5 Å². The molecule has 0 saturated heterocycles. The fourth-order valence-corrected chi connectivity index (χ4v) is 3.28. The molecular weight excluding hydrogens is 363 g/mol. The molecular formula is C21H19FN2O4. The maximum atomic E-state index is 13.3. The predicted molar refractivity (Wildman–Crippen MR) is 101 cm³/mol. The Labute approximate surface area is 161 Å². The Kier molecular flexibility index (Phi) is 4.50. The van der Waals surface area contributed by atoms with Crippen molar-refractivity contribution in [2.24, 2.45) is 0 Å². The summed E-state index contributed by atoms with van der Waals surface area (Å²) in [6, 6.07) is 10.4. The molecule has 7 heteroatoms. The molecule has 2 amide bonds. The van der Waals surface area contributed by atoms with Gasteiger partial charge in [0, 0.05) is 17.8 Å². The SMILES string of the molecule is CC(C)N1C(=O)C(Nc2ccc3c(c2)OCCO3)=C(c2ccc(F)cc2)C1=O. The van der Waals surface area contributed by atoms with E-state index in [2.05, 4.69) is 5.32 Å². The third-order valence-corrected chi connectivity index (χ3v) is 4.58. The van der Waals surface area contributed by atoms with Crippen LogP contribution in [0.15, 0.2) is 48.2 Å². The molecule has 0 bridgehead atoms. The second kappa shape index (κ2) is 6.99. The molecule has 2 aromatic rings. The van der Waals surface area contributed by atoms with Crippen LogP contribution in [0.25, 0.3) is 5.57 Å². The number of anilines is 1. The Hall–Kier alpha value is -3.35. The van der Waals surface area contributed by atoms with Gasteiger partial charge in [-0.25, -0.2) is 4.39 Å². The molecule has 2 heterocycles. The van der Waals surface area contributed by atoms with E-state index in [9.17, 15) is 14.0 Å². The molecule has 0 radical (unpaired) electrons. The van der Waals surface area contributed by atoms with Gasteiger partial charge in [-0.3, -0.25) is 14.5 Å². The summed E-state index contributed by atoms with van der Waals surface area (Å²) >= 11 is 0. The predicted octanol–water partition coefficient (Wildman–Crippen LogP) is 3.20. The number of carbonyl (C=O) groups excluding carboxylic acids is 2. The van der Waals surface area contributed by atoms with Crippen molar-refractivity contribution in [2.45, 2.75) is 19.9 Å². The van der Waals surface area contributed by atoms with Crippen LogP contribution >= 0.6 is 0 Å². The van der Waals surface area contributed by atoms with Crippen LogP contribution in [-0.2, 0) is 9.59 Å². The van der Waals surface area contributed by atoms with Crippen LogP contribution < -0.4 is 14.8 Å². The lowest BCUT2D eigenvalue weighted by Gasteiger charge is -2.20. The zero-order valence-electron chi connectivity index (χ0n) is 15.5. The zero-order valence-corrected chi connectivity index (χ0v) is 15.5. The van der Waals surface area contributed by atoms with Crippen LogP contribution in [0.2, 0.25) is 0 Å². The molecule has 6 nitrogen and oxygen atoms in total. The number of carbonyl (C=O) groups is 2. The van der Waals surface area contributed by atoms with E-state index < -0.39 is 17.6 Å². The van der Waals surface area contributed by atoms with Gasteiger partial charge in [0.25, 0.3) is 11.8 Å². The zero-order chi connectivity index (χ0) is 19.8. The van der Waals surface area contributed by atoms with Crippen LogP contribution in [0.3, 0.4) is 0 Å². The summed E-state index contributed by atoms with van der Waals surface area (Å²) in [6.07, 6.45) is 0. The van der Waals surface area contributed by atoms with E-state index in [-0.39, 0.29) is 17.3 Å². The summed E-state index contributed by atoms with van der Waals surface area (Å²) in [7, 11) is 0. The second-order valence-electron chi connectivity index (χ2n) is 6.81. The van der Waals surface area contributed by atoms with E-state index in [1.165, 1.54) is 29.2 Å². The molecule has 4 rings (SSSR count). The third kappa shape index (κ3) is 3.09. The smallest absolute Gasteiger partial charge is 0.278 e. The number of nitrogens with zero attached hydrogens (tertiary/aromatic N) is 1. The molecule has 2 aliphatic heterocycles. The minimum absolute atomic E-state index is 0.155. The fraction of sp³-hybridized carbons (Fsp3) is 0.238. The first-order valence-corrected chi connectivity index (χ1v) is 9.00. The molecule has 0 saturated carbocycles. The van der Waals surface area contributed by atoms with E-state index in [4.69, 9.17) is 9.47 Å². The number of imide groups is 1. The number of halogens is 1. The highest BCUT2D eigenvalue weighted by atomic mass is 19.1. The summed E-state index contributed by atoms with van der Waals surface area (Å²) in [5.74, 6) is -0.0520. The number of amides is 2. The molecule has 0 aliphatic carbocycles. The summed E-state index contributed by atoms with van der Waals surface area (Å²) in [5, 5.41) is 3.06. The monoisotopic (exact) mass is 382 g/mol. The van der Waals surface area contributed by atoms with Crippen LogP contribution in [0, 0.1) is 5.82 Å². The normalized spacial score (nSPS) is 16.2. The number of ether oxygens (including phenoxy) is 2. The Bertz CT molecular complexity index is 982. The first-order chi connectivity index (χ1) is 13.5. The van der Waals surface area contributed by atoms with Gasteiger partial charge in [0.2, 0.25) is 0 Å². The Morgan fingerprint density at radius 1 is 0.964 bits per heavy atom. The lowest BCUT2D eigenvalue weighted by Crippen LogP contribution is -2.38. The highest BCUT2D eigenvalue weighted by Crippen LogP contribution is 2.36. The number of fused-ring (bicyclic) bond motifs is 1. The van der Waals surface area contributed by atoms with Gasteiger partial charge in [-0.05, 0) is 43.7 Å². The number of benzene rings is 2. The van der Waals surface area contributed by atoms with Gasteiger partial charge in [-0.15, -0.1) is 0 Å². The van der Waals surface area contributed by atoms with Crippen molar-refractivity contribution in [1.82, 2.24) is 4.90 Å². The van der Waals surface area contributed by atoms with Crippen LogP contribution in [0.5, 0.6) is 11.5 Å². The van der Waals surface area contributed by atoms with Gasteiger partial charge in [-0.1, -0.05) is 12.1 Å². The molecule has 0 fully saturated rings. The fourth-order valence-electron chi connectivity index (χ4n) is 3.28. The summed E-state index contributed by atoms with van der Waals surface area (Å²) in [4.78, 5) is 27.1. The molecule has 144 valence electrons. The summed E-state index contributed by atoms with van der Waals surface area (Å²) in [5.41, 5.74) is 1.43. The van der Waals surface area contributed by atoms with Crippen molar-refractivity contribution in [3.05, 3.63) is 59.5 Å². The minimum atomic E-state index is -0.422. The Balaban J connectivity index is 1.76. The first-order valence-electron chi connectivity index (χ1n) is 9.00. The quantitative estimate of drug-likeness (QED) is 0.823. The molecule has 0 aromatic heterocycles. The molecule has 28 heavy (non-hydrogen) atoms. The van der Waals surface area contributed by atoms with Gasteiger partial charge >= 0.3 is 0 Å². The summed E-state index contributed by atoms with van der Waals surface area (Å²) in [6.45, 7) is 4.46. The highest BCUT2D eigenvalue weighted by molar-refractivity contribution is 6.36. The maximum Gasteiger partial charge on any atom is 0.278 e. The van der Waals surface area contributed by atoms with E-state index in [1.807, 2.05) is 0 Å². The molecule has 0 atom stereocenters. The molecule has 1 N–H and O–H groups in total. The Morgan fingerprint density at radius 3 is 2.32 bits per heavy atom. The Morgan fingerprint density at radius 2 is 1.64 bits per heavy atom. The van der Waals surface area contributed by atoms with Crippen LogP contribution in [0.1, 0.15) is 19.4 Å². The lowest BCUT2D eigenvalue weighted by atomic mass is 10.0. The van der Waals surface area contributed by atoms with E-state index >= 15 is 0 Å². The lowest BCUT2D eigenvalue weighted by molar-refractivity contribution is -0.138. The number of nitrogens with one attached hydrogen (secondary N) is 1. The van der Waals surface area contributed by atoms with Gasteiger partial charge in [-0.2, -0.15) is 0 Å². The van der Waals surface area contributed by atoms with Crippen LogP contribution in [-0.4, -0.2) is 36.0 Å². The molecule has 0 spiro atoms. The average Bonchev–Trinajstić information content (AvgIpc) is 2.92. The number of rotatable bonds is 4. The third-order valence-electron chi connectivity index (χ3n) is 4.58. The standard InChI is InChI=1S/C21H19FN2O4/c1-12(2)24-20(25)18(13-3-5-14(22)6-4-13)19(21(24)26)23-15-7-8-16-17(11-15)28-10-9-27-16/h3-8,11-12,23H,9-10H2,1-2H3. The summed E-state index contributed by atoms with van der Waals surface area (Å²) < 4.78 is 24.4. The first kappa shape index (κ1) is 18.0. The van der Waals surface area contributed by atoms with Gasteiger partial charge in [0.1, 0.15) is 24.7 Å². The van der Waals surface area contributed by atoms with Crippen molar-refractivity contribution in [2.75, 3.05) is 18.5 Å². The largest absolute Gasteiger partial charge is 0.486 e. The van der Waals surface area contributed by atoms with Gasteiger partial charge < -0.3 is 14.8 Å². The molecule has 2 aliphatic rings. The van der Waals surface area contributed by atoms with Crippen LogP contribution in [0.4, 0.5) is 10.1 Å². The highest BCUT2D eigenvalue weighted by Gasteiger charge is 2.40. The number of hydrogen-bond acceptors (Lipinski definition) is 5. The maximum absolute atomic E-state index is 13.3. The van der Waals surface area contributed by atoms with E-state index in [1.54, 1.807) is 32.0 Å².